The van der Waals surface area contributed by atoms with Gasteiger partial charge in [-0.05, 0) is 29.8 Å². The molecule has 3 aromatic rings. The minimum absolute atomic E-state index is 0.0203. The van der Waals surface area contributed by atoms with Gasteiger partial charge < -0.3 is 14.2 Å². The number of hydrogen-bond acceptors (Lipinski definition) is 7. The van der Waals surface area contributed by atoms with Gasteiger partial charge in [0.25, 0.3) is 5.69 Å². The molecule has 0 saturated carbocycles. The number of aliphatic imine (C=N–C) groups is 1. The van der Waals surface area contributed by atoms with Crippen LogP contribution >= 0.6 is 0 Å². The van der Waals surface area contributed by atoms with E-state index >= 15 is 0 Å². The van der Waals surface area contributed by atoms with Crippen LogP contribution in [0.2, 0.25) is 0 Å². The highest BCUT2D eigenvalue weighted by Gasteiger charge is 2.26. The molecule has 0 atom stereocenters. The van der Waals surface area contributed by atoms with E-state index in [9.17, 15) is 19.3 Å². The van der Waals surface area contributed by atoms with Crippen LogP contribution in [-0.2, 0) is 16.1 Å². The molecule has 0 radical (unpaired) electrons. The number of para-hydroxylation sites is 1. The van der Waals surface area contributed by atoms with Crippen LogP contribution in [0.3, 0.4) is 0 Å². The molecule has 9 heteroatoms. The molecular formula is C24H17FN2O6. The van der Waals surface area contributed by atoms with Crippen LogP contribution in [0.4, 0.5) is 10.1 Å². The summed E-state index contributed by atoms with van der Waals surface area (Å²) in [5.74, 6) is -0.736. The van der Waals surface area contributed by atoms with E-state index in [2.05, 4.69) is 4.99 Å². The minimum atomic E-state index is -0.735. The molecule has 0 aromatic heterocycles. The SMILES string of the molecule is COc1cccc(/C=C2\N=C(c3ccccc3F)OC2=O)c1OCc1cccc([N+](=O)[O-])c1. The van der Waals surface area contributed by atoms with E-state index in [0.29, 0.717) is 22.6 Å². The molecule has 3 aromatic carbocycles. The zero-order valence-electron chi connectivity index (χ0n) is 17.4. The third kappa shape index (κ3) is 4.72. The van der Waals surface area contributed by atoms with Crippen LogP contribution in [0.1, 0.15) is 16.7 Å². The lowest BCUT2D eigenvalue weighted by molar-refractivity contribution is -0.384. The smallest absolute Gasteiger partial charge is 0.363 e. The second-order valence-corrected chi connectivity index (χ2v) is 6.91. The maximum absolute atomic E-state index is 14.1. The molecule has 33 heavy (non-hydrogen) atoms. The molecule has 0 unspecified atom stereocenters. The molecule has 1 aliphatic heterocycles. The van der Waals surface area contributed by atoms with Gasteiger partial charge in [-0.3, -0.25) is 10.1 Å². The van der Waals surface area contributed by atoms with Crippen molar-refractivity contribution in [3.8, 4) is 11.5 Å². The summed E-state index contributed by atoms with van der Waals surface area (Å²) in [6.45, 7) is 0.0203. The number of carbonyl (C=O) groups is 1. The standard InChI is InChI=1S/C24H17FN2O6/c1-31-21-11-5-7-16(22(21)32-14-15-6-4-8-17(12-15)27(29)30)13-20-24(28)33-23(26-20)18-9-2-3-10-19(18)25/h2-13H,14H2,1H3/b20-13-. The molecule has 0 amide bonds. The van der Waals surface area contributed by atoms with Crippen molar-refractivity contribution in [1.29, 1.82) is 0 Å². The predicted octanol–water partition coefficient (Wildman–Crippen LogP) is 4.67. The summed E-state index contributed by atoms with van der Waals surface area (Å²) in [7, 11) is 1.46. The first-order valence-corrected chi connectivity index (χ1v) is 9.77. The van der Waals surface area contributed by atoms with E-state index in [1.54, 1.807) is 36.4 Å². The number of esters is 1. The van der Waals surface area contributed by atoms with E-state index in [-0.39, 0.29) is 29.5 Å². The second-order valence-electron chi connectivity index (χ2n) is 6.91. The predicted molar refractivity (Wildman–Crippen MR) is 117 cm³/mol. The number of halogens is 1. The quantitative estimate of drug-likeness (QED) is 0.225. The minimum Gasteiger partial charge on any atom is -0.493 e. The molecular weight excluding hydrogens is 431 g/mol. The Morgan fingerprint density at radius 2 is 1.91 bits per heavy atom. The Morgan fingerprint density at radius 3 is 2.67 bits per heavy atom. The van der Waals surface area contributed by atoms with Crippen LogP contribution in [0.5, 0.6) is 11.5 Å². The monoisotopic (exact) mass is 448 g/mol. The number of carbonyl (C=O) groups excluding carboxylic acids is 1. The van der Waals surface area contributed by atoms with Crippen molar-refractivity contribution < 1.29 is 28.3 Å². The summed E-state index contributed by atoms with van der Waals surface area (Å²) in [6.07, 6.45) is 1.45. The summed E-state index contributed by atoms with van der Waals surface area (Å²) in [5.41, 5.74) is 1.02. The summed E-state index contributed by atoms with van der Waals surface area (Å²) in [4.78, 5) is 27.0. The fraction of sp³-hybridized carbons (Fsp3) is 0.0833. The number of hydrogen-bond donors (Lipinski definition) is 0. The van der Waals surface area contributed by atoms with Crippen molar-refractivity contribution in [2.24, 2.45) is 4.99 Å². The van der Waals surface area contributed by atoms with Crippen LogP contribution in [0, 0.1) is 15.9 Å². The lowest BCUT2D eigenvalue weighted by Crippen LogP contribution is -2.07. The molecule has 0 aliphatic carbocycles. The average molecular weight is 448 g/mol. The van der Waals surface area contributed by atoms with Gasteiger partial charge in [-0.25, -0.2) is 14.2 Å². The largest absolute Gasteiger partial charge is 0.493 e. The second kappa shape index (κ2) is 9.31. The topological polar surface area (TPSA) is 100 Å². The van der Waals surface area contributed by atoms with Gasteiger partial charge in [-0.1, -0.05) is 36.4 Å². The van der Waals surface area contributed by atoms with Gasteiger partial charge in [-0.2, -0.15) is 0 Å². The molecule has 1 aliphatic rings. The molecule has 4 rings (SSSR count). The van der Waals surface area contributed by atoms with Gasteiger partial charge in [-0.15, -0.1) is 0 Å². The Balaban J connectivity index is 1.65. The van der Waals surface area contributed by atoms with E-state index < -0.39 is 16.7 Å². The maximum atomic E-state index is 14.1. The van der Waals surface area contributed by atoms with Gasteiger partial charge in [0.1, 0.15) is 12.4 Å². The molecule has 0 fully saturated rings. The number of rotatable bonds is 7. The molecule has 166 valence electrons. The average Bonchev–Trinajstić information content (AvgIpc) is 3.18. The number of cyclic esters (lactones) is 1. The normalized spacial score (nSPS) is 14.1. The van der Waals surface area contributed by atoms with Crippen molar-refractivity contribution in [3.63, 3.8) is 0 Å². The summed E-state index contributed by atoms with van der Waals surface area (Å²) in [6, 6.07) is 17.0. The summed E-state index contributed by atoms with van der Waals surface area (Å²) < 4.78 is 30.5. The van der Waals surface area contributed by atoms with E-state index in [4.69, 9.17) is 14.2 Å². The summed E-state index contributed by atoms with van der Waals surface area (Å²) >= 11 is 0. The number of non-ortho nitro benzene ring substituents is 1. The van der Waals surface area contributed by atoms with Crippen LogP contribution in [-0.4, -0.2) is 23.9 Å². The maximum Gasteiger partial charge on any atom is 0.363 e. The molecule has 0 spiro atoms. The van der Waals surface area contributed by atoms with Crippen LogP contribution < -0.4 is 9.47 Å². The summed E-state index contributed by atoms with van der Waals surface area (Å²) in [5, 5.41) is 11.0. The molecule has 0 saturated heterocycles. The highest BCUT2D eigenvalue weighted by Crippen LogP contribution is 2.34. The highest BCUT2D eigenvalue weighted by atomic mass is 19.1. The van der Waals surface area contributed by atoms with Crippen LogP contribution in [0.25, 0.3) is 6.08 Å². The Labute approximate surface area is 187 Å². The number of benzene rings is 3. The number of methoxy groups -OCH3 is 1. The van der Waals surface area contributed by atoms with Gasteiger partial charge in [0.05, 0.1) is 17.6 Å². The van der Waals surface area contributed by atoms with E-state index in [1.165, 1.54) is 43.5 Å². The fourth-order valence-electron chi connectivity index (χ4n) is 3.18. The molecule has 1 heterocycles. The number of nitrogens with zero attached hydrogens (tertiary/aromatic N) is 2. The third-order valence-corrected chi connectivity index (χ3v) is 4.75. The first-order valence-electron chi connectivity index (χ1n) is 9.77. The zero-order valence-corrected chi connectivity index (χ0v) is 17.4. The van der Waals surface area contributed by atoms with Gasteiger partial charge >= 0.3 is 5.97 Å². The Kier molecular flexibility index (Phi) is 6.12. The van der Waals surface area contributed by atoms with Crippen molar-refractivity contribution in [2.75, 3.05) is 7.11 Å². The third-order valence-electron chi connectivity index (χ3n) is 4.75. The zero-order chi connectivity index (χ0) is 23.4. The molecule has 0 N–H and O–H groups in total. The highest BCUT2D eigenvalue weighted by molar-refractivity contribution is 6.13. The van der Waals surface area contributed by atoms with Gasteiger partial charge in [0, 0.05) is 17.7 Å². The first kappa shape index (κ1) is 21.7. The Bertz CT molecular complexity index is 1300. The number of nitro benzene ring substituents is 1. The lowest BCUT2D eigenvalue weighted by Gasteiger charge is -2.13. The van der Waals surface area contributed by atoms with Crippen molar-refractivity contribution in [2.45, 2.75) is 6.61 Å². The molecule has 0 bridgehead atoms. The Hall–Kier alpha value is -4.53. The Morgan fingerprint density at radius 1 is 1.12 bits per heavy atom. The lowest BCUT2D eigenvalue weighted by atomic mass is 10.1. The fourth-order valence-corrected chi connectivity index (χ4v) is 3.18. The van der Waals surface area contributed by atoms with E-state index in [0.717, 1.165) is 0 Å². The van der Waals surface area contributed by atoms with Crippen molar-refractivity contribution >= 4 is 23.6 Å². The van der Waals surface area contributed by atoms with E-state index in [1.807, 2.05) is 0 Å². The van der Waals surface area contributed by atoms with Crippen molar-refractivity contribution in [1.82, 2.24) is 0 Å². The van der Waals surface area contributed by atoms with Crippen molar-refractivity contribution in [3.05, 3.63) is 105 Å². The first-order chi connectivity index (χ1) is 16.0. The molecule has 8 nitrogen and oxygen atoms in total. The van der Waals surface area contributed by atoms with Gasteiger partial charge in [0.15, 0.2) is 17.2 Å². The number of nitro groups is 1. The van der Waals surface area contributed by atoms with Crippen LogP contribution in [0.15, 0.2) is 77.4 Å². The number of ether oxygens (including phenoxy) is 3. The van der Waals surface area contributed by atoms with Gasteiger partial charge in [0.2, 0.25) is 5.90 Å².